The number of nitrogens with one attached hydrogen (secondary N) is 1. The normalized spacial score (nSPS) is 10.8. The third-order valence-electron chi connectivity index (χ3n) is 2.76. The quantitative estimate of drug-likeness (QED) is 0.690. The molecule has 0 radical (unpaired) electrons. The summed E-state index contributed by atoms with van der Waals surface area (Å²) in [6.45, 7) is 0. The van der Waals surface area contributed by atoms with Gasteiger partial charge in [0, 0.05) is 11.1 Å². The van der Waals surface area contributed by atoms with Gasteiger partial charge in [-0.3, -0.25) is 0 Å². The van der Waals surface area contributed by atoms with E-state index in [1.165, 1.54) is 12.1 Å². The van der Waals surface area contributed by atoms with Crippen LogP contribution in [0.3, 0.4) is 0 Å². The highest BCUT2D eigenvalue weighted by atomic mass is 35.5. The van der Waals surface area contributed by atoms with Crippen LogP contribution in [-0.4, -0.2) is 9.97 Å². The molecule has 1 heterocycles. The minimum Gasteiger partial charge on any atom is -0.340 e. The molecule has 0 saturated heterocycles. The third kappa shape index (κ3) is 2.53. The molecule has 20 heavy (non-hydrogen) atoms. The fourth-order valence-electron chi connectivity index (χ4n) is 1.85. The molecular weight excluding hydrogens is 300 g/mol. The number of benzene rings is 2. The summed E-state index contributed by atoms with van der Waals surface area (Å²) >= 11 is 11.7. The molecule has 0 saturated carbocycles. The van der Waals surface area contributed by atoms with Gasteiger partial charge >= 0.3 is 0 Å². The molecule has 0 atom stereocenters. The van der Waals surface area contributed by atoms with E-state index in [4.69, 9.17) is 23.2 Å². The lowest BCUT2D eigenvalue weighted by Gasteiger charge is -2.09. The lowest BCUT2D eigenvalue weighted by Crippen LogP contribution is -1.97. The second-order valence-corrected chi connectivity index (χ2v) is 4.86. The van der Waals surface area contributed by atoms with Gasteiger partial charge in [0.2, 0.25) is 5.28 Å². The van der Waals surface area contributed by atoms with Gasteiger partial charge in [0.25, 0.3) is 0 Å². The van der Waals surface area contributed by atoms with E-state index < -0.39 is 5.82 Å². The molecule has 0 amide bonds. The Labute approximate surface area is 124 Å². The Morgan fingerprint density at radius 3 is 2.60 bits per heavy atom. The van der Waals surface area contributed by atoms with Crippen molar-refractivity contribution in [1.29, 1.82) is 0 Å². The van der Waals surface area contributed by atoms with Crippen molar-refractivity contribution in [2.24, 2.45) is 0 Å². The lowest BCUT2D eigenvalue weighted by atomic mass is 10.2. The predicted octanol–water partition coefficient (Wildman–Crippen LogP) is 4.82. The molecule has 0 aliphatic heterocycles. The molecule has 0 fully saturated rings. The van der Waals surface area contributed by atoms with Crippen LogP contribution in [-0.2, 0) is 0 Å². The van der Waals surface area contributed by atoms with Crippen LogP contribution in [0.2, 0.25) is 10.3 Å². The summed E-state index contributed by atoms with van der Waals surface area (Å²) in [5.74, 6) is 0.0751. The van der Waals surface area contributed by atoms with E-state index in [0.717, 1.165) is 10.9 Å². The summed E-state index contributed by atoms with van der Waals surface area (Å²) in [5.41, 5.74) is 1.35. The Kier molecular flexibility index (Phi) is 3.42. The van der Waals surface area contributed by atoms with Crippen LogP contribution < -0.4 is 5.32 Å². The molecule has 100 valence electrons. The summed E-state index contributed by atoms with van der Waals surface area (Å²) in [6, 6.07) is 11.8. The molecule has 3 aromatic rings. The first-order valence-corrected chi connectivity index (χ1v) is 6.53. The largest absolute Gasteiger partial charge is 0.340 e. The first-order valence-electron chi connectivity index (χ1n) is 5.78. The van der Waals surface area contributed by atoms with E-state index in [1.807, 2.05) is 24.3 Å². The first-order chi connectivity index (χ1) is 9.63. The number of aromatic nitrogens is 2. The number of nitrogens with zero attached hydrogens (tertiary/aromatic N) is 2. The zero-order valence-corrected chi connectivity index (χ0v) is 11.6. The minimum absolute atomic E-state index is 0.0412. The van der Waals surface area contributed by atoms with Gasteiger partial charge < -0.3 is 5.32 Å². The van der Waals surface area contributed by atoms with Gasteiger partial charge in [0.1, 0.15) is 11.6 Å². The molecule has 0 bridgehead atoms. The van der Waals surface area contributed by atoms with Crippen LogP contribution >= 0.6 is 23.2 Å². The van der Waals surface area contributed by atoms with Crippen molar-refractivity contribution in [2.75, 3.05) is 5.32 Å². The summed E-state index contributed by atoms with van der Waals surface area (Å²) in [7, 11) is 0. The Morgan fingerprint density at radius 1 is 1.00 bits per heavy atom. The van der Waals surface area contributed by atoms with Crippen LogP contribution in [0.5, 0.6) is 0 Å². The van der Waals surface area contributed by atoms with E-state index in [9.17, 15) is 4.39 Å². The van der Waals surface area contributed by atoms with Crippen molar-refractivity contribution in [2.45, 2.75) is 0 Å². The van der Waals surface area contributed by atoms with E-state index >= 15 is 0 Å². The highest BCUT2D eigenvalue weighted by Crippen LogP contribution is 2.27. The zero-order chi connectivity index (χ0) is 14.1. The Morgan fingerprint density at radius 2 is 1.80 bits per heavy atom. The molecule has 3 rings (SSSR count). The number of anilines is 2. The van der Waals surface area contributed by atoms with Gasteiger partial charge in [0.15, 0.2) is 0 Å². The number of para-hydroxylation sites is 1. The molecule has 0 aliphatic rings. The second-order valence-electron chi connectivity index (χ2n) is 4.11. The maximum absolute atomic E-state index is 13.1. The molecule has 0 aliphatic carbocycles. The van der Waals surface area contributed by atoms with E-state index in [-0.39, 0.29) is 10.3 Å². The molecule has 0 unspecified atom stereocenters. The van der Waals surface area contributed by atoms with Crippen LogP contribution in [0.1, 0.15) is 0 Å². The van der Waals surface area contributed by atoms with Gasteiger partial charge in [-0.15, -0.1) is 0 Å². The molecule has 0 spiro atoms. The van der Waals surface area contributed by atoms with Gasteiger partial charge in [-0.25, -0.2) is 9.37 Å². The van der Waals surface area contributed by atoms with Crippen molar-refractivity contribution < 1.29 is 4.39 Å². The molecule has 1 aromatic heterocycles. The van der Waals surface area contributed by atoms with Crippen molar-refractivity contribution in [3.05, 3.63) is 58.6 Å². The van der Waals surface area contributed by atoms with Gasteiger partial charge in [0.05, 0.1) is 10.5 Å². The van der Waals surface area contributed by atoms with E-state index in [1.54, 1.807) is 6.07 Å². The Balaban J connectivity index is 2.07. The summed E-state index contributed by atoms with van der Waals surface area (Å²) in [6.07, 6.45) is 0. The van der Waals surface area contributed by atoms with Crippen LogP contribution in [0.4, 0.5) is 15.9 Å². The highest BCUT2D eigenvalue weighted by Gasteiger charge is 2.07. The fourth-order valence-corrected chi connectivity index (χ4v) is 2.21. The maximum Gasteiger partial charge on any atom is 0.224 e. The van der Waals surface area contributed by atoms with Crippen LogP contribution in [0, 0.1) is 5.82 Å². The summed E-state index contributed by atoms with van der Waals surface area (Å²) in [4.78, 5) is 8.29. The average molecular weight is 308 g/mol. The van der Waals surface area contributed by atoms with Crippen molar-refractivity contribution in [3.8, 4) is 0 Å². The first kappa shape index (κ1) is 13.1. The summed E-state index contributed by atoms with van der Waals surface area (Å²) < 4.78 is 13.1. The Bertz CT molecular complexity index is 792. The van der Waals surface area contributed by atoms with Crippen LogP contribution in [0.15, 0.2) is 42.5 Å². The lowest BCUT2D eigenvalue weighted by molar-refractivity contribution is 0.628. The maximum atomic E-state index is 13.1. The van der Waals surface area contributed by atoms with E-state index in [0.29, 0.717) is 11.5 Å². The second kappa shape index (κ2) is 5.23. The monoisotopic (exact) mass is 307 g/mol. The highest BCUT2D eigenvalue weighted by molar-refractivity contribution is 6.31. The fraction of sp³-hybridized carbons (Fsp3) is 0. The predicted molar refractivity (Wildman–Crippen MR) is 79.2 cm³/mol. The number of halogens is 3. The molecule has 3 nitrogen and oxygen atoms in total. The van der Waals surface area contributed by atoms with Crippen molar-refractivity contribution in [1.82, 2.24) is 9.97 Å². The third-order valence-corrected chi connectivity index (χ3v) is 3.22. The van der Waals surface area contributed by atoms with Crippen LogP contribution in [0.25, 0.3) is 10.9 Å². The topological polar surface area (TPSA) is 37.8 Å². The molecule has 2 aromatic carbocycles. The average Bonchev–Trinajstić information content (AvgIpc) is 2.43. The minimum atomic E-state index is -0.470. The number of hydrogen-bond acceptors (Lipinski definition) is 3. The van der Waals surface area contributed by atoms with Gasteiger partial charge in [-0.2, -0.15) is 4.98 Å². The standard InChI is InChI=1S/C14H8Cl2FN3/c15-10-7-8(5-6-11(10)17)18-13-9-3-1-2-4-12(9)19-14(16)20-13/h1-7H,(H,18,19,20). The number of rotatable bonds is 2. The Hall–Kier alpha value is -1.91. The van der Waals surface area contributed by atoms with Crippen molar-refractivity contribution >= 4 is 45.6 Å². The molecule has 1 N–H and O–H groups in total. The number of fused-ring (bicyclic) bond motifs is 1. The smallest absolute Gasteiger partial charge is 0.224 e. The zero-order valence-electron chi connectivity index (χ0n) is 10.1. The molecule has 6 heteroatoms. The van der Waals surface area contributed by atoms with Gasteiger partial charge in [-0.05, 0) is 41.9 Å². The van der Waals surface area contributed by atoms with E-state index in [2.05, 4.69) is 15.3 Å². The van der Waals surface area contributed by atoms with Gasteiger partial charge in [-0.1, -0.05) is 23.7 Å². The molecular formula is C14H8Cl2FN3. The SMILES string of the molecule is Fc1ccc(Nc2nc(Cl)nc3ccccc23)cc1Cl. The number of hydrogen-bond donors (Lipinski definition) is 1. The summed E-state index contributed by atoms with van der Waals surface area (Å²) in [5, 5.41) is 4.07. The van der Waals surface area contributed by atoms with Crippen molar-refractivity contribution in [3.63, 3.8) is 0 Å².